The summed E-state index contributed by atoms with van der Waals surface area (Å²) in [6.07, 6.45) is -0.134. The zero-order valence-corrected chi connectivity index (χ0v) is 12.2. The van der Waals surface area contributed by atoms with Crippen molar-refractivity contribution in [3.8, 4) is 0 Å². The van der Waals surface area contributed by atoms with Gasteiger partial charge < -0.3 is 15.3 Å². The summed E-state index contributed by atoms with van der Waals surface area (Å²) in [7, 11) is 1.71. The molecule has 5 nitrogen and oxygen atoms in total. The van der Waals surface area contributed by atoms with Gasteiger partial charge in [0.1, 0.15) is 0 Å². The van der Waals surface area contributed by atoms with Gasteiger partial charge in [-0.15, -0.1) is 0 Å². The third-order valence-electron chi connectivity index (χ3n) is 2.86. The number of carbonyl (C=O) groups is 2. The second-order valence-corrected chi connectivity index (χ2v) is 5.28. The smallest absolute Gasteiger partial charge is 0.317 e. The number of rotatable bonds is 6. The lowest BCUT2D eigenvalue weighted by atomic mass is 10.0. The highest BCUT2D eigenvalue weighted by Gasteiger charge is 2.20. The average Bonchev–Trinajstić information content (AvgIpc) is 2.37. The fourth-order valence-electron chi connectivity index (χ4n) is 2.00. The number of hydrogen-bond acceptors (Lipinski definition) is 2. The van der Waals surface area contributed by atoms with E-state index >= 15 is 0 Å². The Bertz CT molecular complexity index is 446. The second kappa shape index (κ2) is 7.53. The first kappa shape index (κ1) is 16.0. The first-order chi connectivity index (χ1) is 9.40. The maximum atomic E-state index is 12.1. The maximum Gasteiger partial charge on any atom is 0.317 e. The van der Waals surface area contributed by atoms with Gasteiger partial charge in [0, 0.05) is 13.6 Å². The number of aliphatic carboxylic acids is 1. The Labute approximate surface area is 119 Å². The van der Waals surface area contributed by atoms with E-state index < -0.39 is 12.0 Å². The van der Waals surface area contributed by atoms with Crippen molar-refractivity contribution < 1.29 is 14.7 Å². The fraction of sp³-hybridized carbons (Fsp3) is 0.467. The van der Waals surface area contributed by atoms with E-state index in [0.29, 0.717) is 12.5 Å². The molecule has 2 N–H and O–H groups in total. The van der Waals surface area contributed by atoms with Gasteiger partial charge in [-0.3, -0.25) is 4.79 Å². The van der Waals surface area contributed by atoms with Gasteiger partial charge in [0.15, 0.2) is 0 Å². The highest BCUT2D eigenvalue weighted by atomic mass is 16.4. The van der Waals surface area contributed by atoms with Crippen molar-refractivity contribution >= 4 is 12.0 Å². The summed E-state index contributed by atoms with van der Waals surface area (Å²) in [4.78, 5) is 24.6. The van der Waals surface area contributed by atoms with Gasteiger partial charge in [0.05, 0.1) is 12.5 Å². The lowest BCUT2D eigenvalue weighted by Crippen LogP contribution is -2.41. The fourth-order valence-corrected chi connectivity index (χ4v) is 2.00. The van der Waals surface area contributed by atoms with Crippen molar-refractivity contribution in [3.05, 3.63) is 35.9 Å². The Morgan fingerprint density at radius 1 is 1.25 bits per heavy atom. The van der Waals surface area contributed by atoms with Crippen molar-refractivity contribution in [2.75, 3.05) is 13.6 Å². The van der Waals surface area contributed by atoms with Gasteiger partial charge in [-0.2, -0.15) is 0 Å². The minimum atomic E-state index is -0.939. The molecule has 0 aliphatic carbocycles. The normalized spacial score (nSPS) is 12.0. The number of hydrogen-bond donors (Lipinski definition) is 2. The van der Waals surface area contributed by atoms with Crippen LogP contribution in [0.15, 0.2) is 30.3 Å². The molecule has 5 heteroatoms. The highest BCUT2D eigenvalue weighted by Crippen LogP contribution is 2.16. The summed E-state index contributed by atoms with van der Waals surface area (Å²) < 4.78 is 0. The molecule has 1 unspecified atom stereocenters. The van der Waals surface area contributed by atoms with Gasteiger partial charge >= 0.3 is 12.0 Å². The molecule has 1 aromatic carbocycles. The molecule has 0 radical (unpaired) electrons. The molecule has 20 heavy (non-hydrogen) atoms. The largest absolute Gasteiger partial charge is 0.481 e. The number of nitrogens with zero attached hydrogens (tertiary/aromatic N) is 1. The molecule has 0 saturated heterocycles. The van der Waals surface area contributed by atoms with E-state index in [-0.39, 0.29) is 12.5 Å². The molecule has 110 valence electrons. The van der Waals surface area contributed by atoms with Gasteiger partial charge in [0.25, 0.3) is 0 Å². The summed E-state index contributed by atoms with van der Waals surface area (Å²) >= 11 is 0. The minimum absolute atomic E-state index is 0.134. The average molecular weight is 278 g/mol. The van der Waals surface area contributed by atoms with Crippen molar-refractivity contribution in [1.29, 1.82) is 0 Å². The number of benzene rings is 1. The molecule has 1 aromatic rings. The predicted octanol–water partition coefficient (Wildman–Crippen LogP) is 2.50. The minimum Gasteiger partial charge on any atom is -0.481 e. The van der Waals surface area contributed by atoms with Crippen molar-refractivity contribution in [1.82, 2.24) is 10.2 Å². The molecule has 0 fully saturated rings. The SMILES string of the molecule is CC(C)CN(C)C(=O)NC(CC(=O)O)c1ccccc1. The number of amides is 2. The number of carboxylic acids is 1. The number of carboxylic acid groups (broad SMARTS) is 1. The van der Waals surface area contributed by atoms with Crippen LogP contribution in [0.1, 0.15) is 31.9 Å². The van der Waals surface area contributed by atoms with Gasteiger partial charge in [0.2, 0.25) is 0 Å². The third-order valence-corrected chi connectivity index (χ3v) is 2.86. The summed E-state index contributed by atoms with van der Waals surface area (Å²) in [6, 6.07) is 8.37. The lowest BCUT2D eigenvalue weighted by Gasteiger charge is -2.24. The molecule has 0 saturated carbocycles. The quantitative estimate of drug-likeness (QED) is 0.840. The summed E-state index contributed by atoms with van der Waals surface area (Å²) in [5.41, 5.74) is 0.793. The molecule has 0 heterocycles. The van der Waals surface area contributed by atoms with Crippen LogP contribution in [0.4, 0.5) is 4.79 Å². The monoisotopic (exact) mass is 278 g/mol. The molecule has 0 bridgehead atoms. The van der Waals surface area contributed by atoms with Crippen LogP contribution < -0.4 is 5.32 Å². The van der Waals surface area contributed by atoms with E-state index in [1.54, 1.807) is 11.9 Å². The van der Waals surface area contributed by atoms with Crippen LogP contribution in [0.25, 0.3) is 0 Å². The molecule has 1 rings (SSSR count). The van der Waals surface area contributed by atoms with E-state index in [1.165, 1.54) is 0 Å². The van der Waals surface area contributed by atoms with Gasteiger partial charge in [-0.1, -0.05) is 44.2 Å². The Kier molecular flexibility index (Phi) is 6.03. The van der Waals surface area contributed by atoms with Gasteiger partial charge in [-0.05, 0) is 11.5 Å². The number of nitrogens with one attached hydrogen (secondary N) is 1. The zero-order valence-electron chi connectivity index (χ0n) is 12.2. The second-order valence-electron chi connectivity index (χ2n) is 5.28. The van der Waals surface area contributed by atoms with Crippen LogP contribution in [0, 0.1) is 5.92 Å². The van der Waals surface area contributed by atoms with Crippen LogP contribution in [0.2, 0.25) is 0 Å². The van der Waals surface area contributed by atoms with Crippen LogP contribution in [-0.2, 0) is 4.79 Å². The van der Waals surface area contributed by atoms with E-state index in [0.717, 1.165) is 5.56 Å². The third kappa shape index (κ3) is 5.30. The topological polar surface area (TPSA) is 69.6 Å². The van der Waals surface area contributed by atoms with Crippen LogP contribution in [0.5, 0.6) is 0 Å². The van der Waals surface area contributed by atoms with E-state index in [4.69, 9.17) is 5.11 Å². The van der Waals surface area contributed by atoms with E-state index in [1.807, 2.05) is 44.2 Å². The molecule has 0 aliphatic heterocycles. The van der Waals surface area contributed by atoms with E-state index in [9.17, 15) is 9.59 Å². The molecule has 0 spiro atoms. The van der Waals surface area contributed by atoms with Crippen molar-refractivity contribution in [2.45, 2.75) is 26.3 Å². The summed E-state index contributed by atoms with van der Waals surface area (Å²) in [6.45, 7) is 4.67. The molecular formula is C15H22N2O3. The summed E-state index contributed by atoms with van der Waals surface area (Å²) in [5, 5.41) is 11.8. The van der Waals surface area contributed by atoms with E-state index in [2.05, 4.69) is 5.32 Å². The highest BCUT2D eigenvalue weighted by molar-refractivity contribution is 5.76. The Morgan fingerprint density at radius 3 is 2.35 bits per heavy atom. The lowest BCUT2D eigenvalue weighted by molar-refractivity contribution is -0.137. The summed E-state index contributed by atoms with van der Waals surface area (Å²) in [5.74, 6) is -0.578. The molecule has 1 atom stereocenters. The molecule has 0 aliphatic rings. The molecule has 0 aromatic heterocycles. The first-order valence-corrected chi connectivity index (χ1v) is 6.68. The standard InChI is InChI=1S/C15H22N2O3/c1-11(2)10-17(3)15(20)16-13(9-14(18)19)12-7-5-4-6-8-12/h4-8,11,13H,9-10H2,1-3H3,(H,16,20)(H,18,19). The first-order valence-electron chi connectivity index (χ1n) is 6.68. The van der Waals surface area contributed by atoms with Crippen LogP contribution in [-0.4, -0.2) is 35.6 Å². The maximum absolute atomic E-state index is 12.1. The zero-order chi connectivity index (χ0) is 15.1. The Hall–Kier alpha value is -2.04. The van der Waals surface area contributed by atoms with Crippen molar-refractivity contribution in [3.63, 3.8) is 0 Å². The number of urea groups is 1. The van der Waals surface area contributed by atoms with Crippen LogP contribution >= 0.6 is 0 Å². The van der Waals surface area contributed by atoms with Gasteiger partial charge in [-0.25, -0.2) is 4.79 Å². The van der Waals surface area contributed by atoms with Crippen molar-refractivity contribution in [2.24, 2.45) is 5.92 Å². The Morgan fingerprint density at radius 2 is 1.85 bits per heavy atom. The molecule has 2 amide bonds. The predicted molar refractivity (Wildman–Crippen MR) is 77.4 cm³/mol. The molecular weight excluding hydrogens is 256 g/mol. The Balaban J connectivity index is 2.75. The number of carbonyl (C=O) groups excluding carboxylic acids is 1. The van der Waals surface area contributed by atoms with Crippen LogP contribution in [0.3, 0.4) is 0 Å².